The van der Waals surface area contributed by atoms with E-state index >= 15 is 0 Å². The summed E-state index contributed by atoms with van der Waals surface area (Å²) in [5.41, 5.74) is -1.03. The second-order valence-corrected chi connectivity index (χ2v) is 10.5. The van der Waals surface area contributed by atoms with Gasteiger partial charge in [0.2, 0.25) is 5.91 Å². The third kappa shape index (κ3) is 2.56. The van der Waals surface area contributed by atoms with Crippen molar-refractivity contribution in [3.63, 3.8) is 0 Å². The molecule has 2 N–H and O–H groups in total. The summed E-state index contributed by atoms with van der Waals surface area (Å²) in [6, 6.07) is 0. The summed E-state index contributed by atoms with van der Waals surface area (Å²) in [6.45, 7) is 0. The summed E-state index contributed by atoms with van der Waals surface area (Å²) in [6.07, 6.45) is 4.16. The van der Waals surface area contributed by atoms with Crippen LogP contribution in [0.1, 0.15) is 38.5 Å². The largest absolute Gasteiger partial charge is 0.489 e. The van der Waals surface area contributed by atoms with E-state index in [4.69, 9.17) is 4.55 Å². The first-order valence-corrected chi connectivity index (χ1v) is 10.2. The van der Waals surface area contributed by atoms with Crippen molar-refractivity contribution in [3.05, 3.63) is 0 Å². The predicted octanol–water partition coefficient (Wildman–Crippen LogP) is 1.09. The smallest absolute Gasteiger partial charge is 0.280 e. The van der Waals surface area contributed by atoms with Gasteiger partial charge in [0.05, 0.1) is 5.41 Å². The van der Waals surface area contributed by atoms with Gasteiger partial charge in [0.1, 0.15) is 0 Å². The van der Waals surface area contributed by atoms with Crippen LogP contribution in [-0.4, -0.2) is 31.9 Å². The molecule has 0 aromatic heterocycles. The molecule has 1 amide bonds. The summed E-state index contributed by atoms with van der Waals surface area (Å²) in [5.74, 6) is -0.259. The van der Waals surface area contributed by atoms with Crippen LogP contribution in [0.5, 0.6) is 0 Å². The number of rotatable bonds is 4. The van der Waals surface area contributed by atoms with E-state index in [1.54, 1.807) is 0 Å². The molecule has 23 heavy (non-hydrogen) atoms. The first-order valence-electron chi connectivity index (χ1n) is 7.28. The van der Waals surface area contributed by atoms with Gasteiger partial charge in [-0.2, -0.15) is 25.6 Å². The number of alkyl halides is 2. The molecule has 0 spiro atoms. The molecule has 0 unspecified atom stereocenters. The number of carbonyl (C=O) groups excluding carboxylic acids is 1. The lowest BCUT2D eigenvalue weighted by atomic mass is 9.49. The van der Waals surface area contributed by atoms with Gasteiger partial charge in [-0.15, -0.1) is 0 Å². The van der Waals surface area contributed by atoms with Crippen molar-refractivity contribution in [2.75, 3.05) is 0 Å². The average molecular weight is 373 g/mol. The molecule has 4 rings (SSSR count). The molecule has 4 saturated carbocycles. The normalized spacial score (nSPS) is 36.9. The number of hydrogen-bond acceptors (Lipinski definition) is 5. The Balaban J connectivity index is 1.85. The van der Waals surface area contributed by atoms with Crippen LogP contribution < -0.4 is 4.72 Å². The van der Waals surface area contributed by atoms with Crippen LogP contribution in [-0.2, 0) is 24.9 Å². The van der Waals surface area contributed by atoms with Gasteiger partial charge in [-0.05, 0) is 56.3 Å². The number of halogens is 2. The minimum absolute atomic E-state index is 0.275. The maximum absolute atomic E-state index is 13.4. The highest BCUT2D eigenvalue weighted by Gasteiger charge is 2.61. The molecular formula is C12H17F2NO6S2. The summed E-state index contributed by atoms with van der Waals surface area (Å²) in [7, 11) is -12.1. The Hall–Kier alpha value is -0.810. The van der Waals surface area contributed by atoms with Crippen molar-refractivity contribution >= 4 is 26.0 Å². The van der Waals surface area contributed by atoms with Gasteiger partial charge >= 0.3 is 24.7 Å². The number of hydrogen-bond donors (Lipinski definition) is 2. The summed E-state index contributed by atoms with van der Waals surface area (Å²) >= 11 is 0. The zero-order chi connectivity index (χ0) is 17.3. The summed E-state index contributed by atoms with van der Waals surface area (Å²) in [4.78, 5) is 12.4. The Morgan fingerprint density at radius 2 is 1.39 bits per heavy atom. The number of sulfonamides is 1. The van der Waals surface area contributed by atoms with Gasteiger partial charge in [0, 0.05) is 0 Å². The second kappa shape index (κ2) is 4.85. The van der Waals surface area contributed by atoms with Crippen molar-refractivity contribution in [1.82, 2.24) is 4.72 Å². The van der Waals surface area contributed by atoms with E-state index in [1.807, 2.05) is 0 Å². The van der Waals surface area contributed by atoms with E-state index in [9.17, 15) is 30.4 Å². The Morgan fingerprint density at radius 3 is 1.74 bits per heavy atom. The molecule has 0 aromatic carbocycles. The zero-order valence-corrected chi connectivity index (χ0v) is 13.7. The van der Waals surface area contributed by atoms with Crippen LogP contribution in [0.3, 0.4) is 0 Å². The van der Waals surface area contributed by atoms with Crippen LogP contribution >= 0.6 is 0 Å². The zero-order valence-electron chi connectivity index (χ0n) is 12.0. The molecule has 7 nitrogen and oxygen atoms in total. The lowest BCUT2D eigenvalue weighted by molar-refractivity contribution is -0.144. The number of carbonyl (C=O) groups is 1. The SMILES string of the molecule is O=C(NS(=O)(=O)C(F)(F)S(=O)(=O)O)C12CC3CC(CC(C3)C1)C2. The van der Waals surface area contributed by atoms with Crippen molar-refractivity contribution in [1.29, 1.82) is 0 Å². The molecule has 0 aromatic rings. The topological polar surface area (TPSA) is 118 Å². The van der Waals surface area contributed by atoms with Crippen molar-refractivity contribution in [2.45, 2.75) is 43.1 Å². The number of nitrogens with one attached hydrogen (secondary N) is 1. The van der Waals surface area contributed by atoms with Crippen molar-refractivity contribution in [2.24, 2.45) is 23.2 Å². The van der Waals surface area contributed by atoms with Gasteiger partial charge in [0.25, 0.3) is 0 Å². The molecule has 4 aliphatic rings. The molecule has 0 radical (unpaired) electrons. The van der Waals surface area contributed by atoms with E-state index in [2.05, 4.69) is 0 Å². The highest BCUT2D eigenvalue weighted by Crippen LogP contribution is 2.60. The maximum atomic E-state index is 13.4. The molecule has 0 saturated heterocycles. The predicted molar refractivity (Wildman–Crippen MR) is 74.2 cm³/mol. The van der Waals surface area contributed by atoms with Crippen molar-refractivity contribution in [3.8, 4) is 0 Å². The average Bonchev–Trinajstić information content (AvgIpc) is 2.34. The van der Waals surface area contributed by atoms with Gasteiger partial charge in [-0.1, -0.05) is 0 Å². The molecule has 4 bridgehead atoms. The minimum Gasteiger partial charge on any atom is -0.280 e. The van der Waals surface area contributed by atoms with Crippen LogP contribution in [0.15, 0.2) is 0 Å². The maximum Gasteiger partial charge on any atom is 0.489 e. The molecule has 4 fully saturated rings. The molecule has 4 aliphatic carbocycles. The van der Waals surface area contributed by atoms with E-state index in [0.717, 1.165) is 19.3 Å². The lowest BCUT2D eigenvalue weighted by Crippen LogP contribution is -2.57. The standard InChI is InChI=1S/C12H17F2NO6S2/c13-12(14,23(19,20)21)22(17,18)15-10(16)11-4-7-1-8(5-11)3-9(2-7)6-11/h7-9H,1-6H2,(H,15,16)(H,19,20,21). The first kappa shape index (κ1) is 17.0. The molecular weight excluding hydrogens is 356 g/mol. The molecule has 0 atom stereocenters. The summed E-state index contributed by atoms with van der Waals surface area (Å²) < 4.78 is 75.3. The van der Waals surface area contributed by atoms with E-state index in [0.29, 0.717) is 19.3 Å². The highest BCUT2D eigenvalue weighted by molar-refractivity contribution is 8.06. The fourth-order valence-corrected chi connectivity index (χ4v) is 6.63. The van der Waals surface area contributed by atoms with Gasteiger partial charge in [-0.25, -0.2) is 4.72 Å². The Bertz CT molecular complexity index is 710. The monoisotopic (exact) mass is 373 g/mol. The fraction of sp³-hybridized carbons (Fsp3) is 0.917. The second-order valence-electron chi connectivity index (χ2n) is 7.07. The van der Waals surface area contributed by atoms with Gasteiger partial charge < -0.3 is 0 Å². The van der Waals surface area contributed by atoms with Gasteiger partial charge in [0.15, 0.2) is 0 Å². The van der Waals surface area contributed by atoms with E-state index in [-0.39, 0.29) is 17.8 Å². The van der Waals surface area contributed by atoms with Crippen LogP contribution in [0.4, 0.5) is 8.78 Å². The number of amides is 1. The molecule has 0 heterocycles. The minimum atomic E-state index is -6.20. The molecule has 11 heteroatoms. The van der Waals surface area contributed by atoms with Gasteiger partial charge in [-0.3, -0.25) is 9.35 Å². The Labute approximate surface area is 132 Å². The first-order chi connectivity index (χ1) is 10.4. The Kier molecular flexibility index (Phi) is 3.59. The highest BCUT2D eigenvalue weighted by atomic mass is 32.3. The molecule has 0 aliphatic heterocycles. The summed E-state index contributed by atoms with van der Waals surface area (Å²) in [5, 5.41) is 0. The van der Waals surface area contributed by atoms with Crippen LogP contribution in [0, 0.1) is 23.2 Å². The third-order valence-electron chi connectivity index (χ3n) is 5.36. The quantitative estimate of drug-likeness (QED) is 0.712. The Morgan fingerprint density at radius 1 is 1.00 bits per heavy atom. The lowest BCUT2D eigenvalue weighted by Gasteiger charge is -2.55. The van der Waals surface area contributed by atoms with Crippen molar-refractivity contribution < 1.29 is 35.0 Å². The fourth-order valence-electron chi connectivity index (χ4n) is 4.82. The molecule has 132 valence electrons. The van der Waals surface area contributed by atoms with E-state index in [1.165, 1.54) is 4.72 Å². The third-order valence-corrected chi connectivity index (χ3v) is 8.33. The van der Waals surface area contributed by atoms with Crippen LogP contribution in [0.2, 0.25) is 0 Å². The van der Waals surface area contributed by atoms with E-state index < -0.39 is 36.1 Å². The van der Waals surface area contributed by atoms with Crippen LogP contribution in [0.25, 0.3) is 0 Å².